The molecule has 1 rings (SSSR count). The van der Waals surface area contributed by atoms with Gasteiger partial charge in [-0.1, -0.05) is 12.1 Å². The molecule has 0 radical (unpaired) electrons. The second-order valence-corrected chi connectivity index (χ2v) is 3.54. The standard InChI is InChI=1S/C12H15NO3/c1-8(13-9(2)14)10-5-4-6-11(7-10)12(15)16-3/h4-8H,1-3H3,(H,13,14)/t8-/m0/s1. The lowest BCUT2D eigenvalue weighted by Gasteiger charge is -2.13. The SMILES string of the molecule is COC(=O)c1cccc([C@H](C)NC(C)=O)c1. The summed E-state index contributed by atoms with van der Waals surface area (Å²) in [6.45, 7) is 3.32. The average molecular weight is 221 g/mol. The average Bonchev–Trinajstić information content (AvgIpc) is 2.27. The Morgan fingerprint density at radius 3 is 2.62 bits per heavy atom. The second-order valence-electron chi connectivity index (χ2n) is 3.54. The summed E-state index contributed by atoms with van der Waals surface area (Å²) in [7, 11) is 1.34. The molecule has 0 spiro atoms. The van der Waals surface area contributed by atoms with Crippen molar-refractivity contribution in [2.45, 2.75) is 19.9 Å². The largest absolute Gasteiger partial charge is 0.465 e. The Hall–Kier alpha value is -1.84. The van der Waals surface area contributed by atoms with Crippen LogP contribution in [0.4, 0.5) is 0 Å². The lowest BCUT2D eigenvalue weighted by atomic mass is 10.1. The molecule has 0 bridgehead atoms. The smallest absolute Gasteiger partial charge is 0.337 e. The first kappa shape index (κ1) is 12.2. The molecule has 0 aliphatic carbocycles. The van der Waals surface area contributed by atoms with Gasteiger partial charge in [0.1, 0.15) is 0 Å². The first-order valence-electron chi connectivity index (χ1n) is 5.00. The molecule has 1 aromatic rings. The van der Waals surface area contributed by atoms with Gasteiger partial charge in [-0.25, -0.2) is 4.79 Å². The van der Waals surface area contributed by atoms with E-state index in [1.54, 1.807) is 18.2 Å². The zero-order chi connectivity index (χ0) is 12.1. The summed E-state index contributed by atoms with van der Waals surface area (Å²) >= 11 is 0. The summed E-state index contributed by atoms with van der Waals surface area (Å²) < 4.78 is 4.63. The first-order chi connectivity index (χ1) is 7.54. The highest BCUT2D eigenvalue weighted by molar-refractivity contribution is 5.89. The van der Waals surface area contributed by atoms with Crippen molar-refractivity contribution in [2.75, 3.05) is 7.11 Å². The van der Waals surface area contributed by atoms with E-state index in [9.17, 15) is 9.59 Å². The molecule has 86 valence electrons. The first-order valence-corrected chi connectivity index (χ1v) is 5.00. The van der Waals surface area contributed by atoms with Crippen LogP contribution in [0.15, 0.2) is 24.3 Å². The highest BCUT2D eigenvalue weighted by Crippen LogP contribution is 2.14. The number of carbonyl (C=O) groups is 2. The summed E-state index contributed by atoms with van der Waals surface area (Å²) in [6, 6.07) is 6.89. The van der Waals surface area contributed by atoms with Gasteiger partial charge in [0.05, 0.1) is 18.7 Å². The van der Waals surface area contributed by atoms with E-state index in [1.807, 2.05) is 13.0 Å². The Bertz CT molecular complexity index is 401. The monoisotopic (exact) mass is 221 g/mol. The number of rotatable bonds is 3. The van der Waals surface area contributed by atoms with Crippen molar-refractivity contribution in [3.63, 3.8) is 0 Å². The van der Waals surface area contributed by atoms with Crippen LogP contribution in [0.3, 0.4) is 0 Å². The van der Waals surface area contributed by atoms with Gasteiger partial charge in [0.2, 0.25) is 5.91 Å². The summed E-state index contributed by atoms with van der Waals surface area (Å²) in [4.78, 5) is 22.2. The van der Waals surface area contributed by atoms with Gasteiger partial charge in [-0.05, 0) is 24.6 Å². The predicted molar refractivity (Wildman–Crippen MR) is 60.0 cm³/mol. The highest BCUT2D eigenvalue weighted by Gasteiger charge is 2.10. The van der Waals surface area contributed by atoms with Crippen LogP contribution in [0.5, 0.6) is 0 Å². The van der Waals surface area contributed by atoms with Crippen molar-refractivity contribution < 1.29 is 14.3 Å². The molecule has 4 heteroatoms. The van der Waals surface area contributed by atoms with Crippen molar-refractivity contribution >= 4 is 11.9 Å². The molecule has 0 unspecified atom stereocenters. The Morgan fingerprint density at radius 2 is 2.06 bits per heavy atom. The zero-order valence-electron chi connectivity index (χ0n) is 9.61. The molecule has 1 aromatic carbocycles. The molecule has 0 saturated carbocycles. The van der Waals surface area contributed by atoms with E-state index in [1.165, 1.54) is 14.0 Å². The predicted octanol–water partition coefficient (Wildman–Crippen LogP) is 1.67. The van der Waals surface area contributed by atoms with E-state index in [0.717, 1.165) is 5.56 Å². The summed E-state index contributed by atoms with van der Waals surface area (Å²) in [5.74, 6) is -0.479. The lowest BCUT2D eigenvalue weighted by Crippen LogP contribution is -2.23. The summed E-state index contributed by atoms with van der Waals surface area (Å²) in [6.07, 6.45) is 0. The van der Waals surface area contributed by atoms with Crippen LogP contribution in [0.1, 0.15) is 35.8 Å². The molecule has 1 atom stereocenters. The molecule has 0 fully saturated rings. The molecule has 4 nitrogen and oxygen atoms in total. The molecular formula is C12H15NO3. The Balaban J connectivity index is 2.89. The van der Waals surface area contributed by atoms with Crippen LogP contribution in [-0.4, -0.2) is 19.0 Å². The number of ether oxygens (including phenoxy) is 1. The normalized spacial score (nSPS) is 11.7. The van der Waals surface area contributed by atoms with E-state index < -0.39 is 0 Å². The van der Waals surface area contributed by atoms with Gasteiger partial charge in [-0.15, -0.1) is 0 Å². The molecule has 0 saturated heterocycles. The fourth-order valence-electron chi connectivity index (χ4n) is 1.44. The lowest BCUT2D eigenvalue weighted by molar-refractivity contribution is -0.119. The summed E-state index contributed by atoms with van der Waals surface area (Å²) in [5, 5.41) is 2.75. The summed E-state index contributed by atoms with van der Waals surface area (Å²) in [5.41, 5.74) is 1.36. The number of carbonyl (C=O) groups excluding carboxylic acids is 2. The Kier molecular flexibility index (Phi) is 4.05. The molecule has 1 N–H and O–H groups in total. The van der Waals surface area contributed by atoms with E-state index in [-0.39, 0.29) is 17.9 Å². The van der Waals surface area contributed by atoms with Gasteiger partial charge in [-0.3, -0.25) is 4.79 Å². The number of methoxy groups -OCH3 is 1. The number of amides is 1. The molecule has 0 aliphatic rings. The third-order valence-electron chi connectivity index (χ3n) is 2.23. The van der Waals surface area contributed by atoms with Gasteiger partial charge < -0.3 is 10.1 Å². The highest BCUT2D eigenvalue weighted by atomic mass is 16.5. The number of hydrogen-bond acceptors (Lipinski definition) is 3. The third-order valence-corrected chi connectivity index (χ3v) is 2.23. The van der Waals surface area contributed by atoms with Crippen LogP contribution in [0.25, 0.3) is 0 Å². The van der Waals surface area contributed by atoms with Gasteiger partial charge in [0.25, 0.3) is 0 Å². The van der Waals surface area contributed by atoms with Crippen LogP contribution in [0.2, 0.25) is 0 Å². The van der Waals surface area contributed by atoms with Crippen molar-refractivity contribution in [1.29, 1.82) is 0 Å². The Morgan fingerprint density at radius 1 is 1.38 bits per heavy atom. The number of hydrogen-bond donors (Lipinski definition) is 1. The van der Waals surface area contributed by atoms with Gasteiger partial charge >= 0.3 is 5.97 Å². The maximum Gasteiger partial charge on any atom is 0.337 e. The van der Waals surface area contributed by atoms with Crippen LogP contribution >= 0.6 is 0 Å². The topological polar surface area (TPSA) is 55.4 Å². The molecule has 0 aliphatic heterocycles. The maximum absolute atomic E-state index is 11.3. The maximum atomic E-state index is 11.3. The molecular weight excluding hydrogens is 206 g/mol. The van der Waals surface area contributed by atoms with Crippen LogP contribution < -0.4 is 5.32 Å². The molecule has 0 heterocycles. The van der Waals surface area contributed by atoms with E-state index in [4.69, 9.17) is 0 Å². The Labute approximate surface area is 94.6 Å². The van der Waals surface area contributed by atoms with E-state index >= 15 is 0 Å². The van der Waals surface area contributed by atoms with Crippen molar-refractivity contribution in [1.82, 2.24) is 5.32 Å². The van der Waals surface area contributed by atoms with Gasteiger partial charge in [0.15, 0.2) is 0 Å². The third kappa shape index (κ3) is 3.08. The van der Waals surface area contributed by atoms with E-state index in [2.05, 4.69) is 10.1 Å². The second kappa shape index (κ2) is 5.30. The number of benzene rings is 1. The van der Waals surface area contributed by atoms with Gasteiger partial charge in [-0.2, -0.15) is 0 Å². The fraction of sp³-hybridized carbons (Fsp3) is 0.333. The number of nitrogens with one attached hydrogen (secondary N) is 1. The van der Waals surface area contributed by atoms with Crippen molar-refractivity contribution in [3.8, 4) is 0 Å². The number of esters is 1. The van der Waals surface area contributed by atoms with Crippen molar-refractivity contribution in [3.05, 3.63) is 35.4 Å². The quantitative estimate of drug-likeness (QED) is 0.790. The zero-order valence-corrected chi connectivity index (χ0v) is 9.61. The minimum Gasteiger partial charge on any atom is -0.465 e. The minimum absolute atomic E-state index is 0.101. The molecule has 0 aromatic heterocycles. The molecule has 16 heavy (non-hydrogen) atoms. The van der Waals surface area contributed by atoms with Gasteiger partial charge in [0, 0.05) is 6.92 Å². The fourth-order valence-corrected chi connectivity index (χ4v) is 1.44. The van der Waals surface area contributed by atoms with Crippen molar-refractivity contribution in [2.24, 2.45) is 0 Å². The van der Waals surface area contributed by atoms with E-state index in [0.29, 0.717) is 5.56 Å². The molecule has 1 amide bonds. The minimum atomic E-state index is -0.378. The van der Waals surface area contributed by atoms with Crippen LogP contribution in [0, 0.1) is 0 Å². The van der Waals surface area contributed by atoms with Crippen LogP contribution in [-0.2, 0) is 9.53 Å².